The smallest absolute Gasteiger partial charge is 0.336 e. The van der Waals surface area contributed by atoms with Crippen LogP contribution in [0.25, 0.3) is 16.5 Å². The van der Waals surface area contributed by atoms with Crippen LogP contribution in [-0.4, -0.2) is 76.4 Å². The molecule has 0 spiro atoms. The average Bonchev–Trinajstić information content (AvgIpc) is 3.48. The zero-order valence-electron chi connectivity index (χ0n) is 30.8. The lowest BCUT2D eigenvalue weighted by molar-refractivity contribution is 0.0695. The Bertz CT molecular complexity index is 2420. The largest absolute Gasteiger partial charge is 0.478 e. The van der Waals surface area contributed by atoms with Crippen molar-refractivity contribution >= 4 is 56.1 Å². The molecule has 0 radical (unpaired) electrons. The van der Waals surface area contributed by atoms with Crippen LogP contribution in [0.3, 0.4) is 0 Å². The summed E-state index contributed by atoms with van der Waals surface area (Å²) in [5, 5.41) is 15.1. The van der Waals surface area contributed by atoms with Gasteiger partial charge in [0.15, 0.2) is 5.69 Å². The number of fused-ring (bicyclic) bond motifs is 2. The van der Waals surface area contributed by atoms with Gasteiger partial charge >= 0.3 is 5.97 Å². The predicted octanol–water partition coefficient (Wildman–Crippen LogP) is 7.05. The van der Waals surface area contributed by atoms with E-state index < -0.39 is 27.8 Å². The van der Waals surface area contributed by atoms with Crippen LogP contribution in [0.2, 0.25) is 5.02 Å². The molecule has 2 N–H and O–H groups in total. The second kappa shape index (κ2) is 16.5. The number of nitrogens with zero attached hydrogens (tertiary/aromatic N) is 4. The Hall–Kier alpha value is -5.53. The molecule has 6 rings (SSSR count). The second-order valence-corrected chi connectivity index (χ2v) is 15.6. The SMILES string of the molecule is CCCCN(CCCC)C(=O)c1nn(-c2ccc(C(=O)NS(=O)(=O)c3ccc4cccc(C(=O)O)c4c3)cc2C(=O)N2CCc3ccccc3C2)c(C)c1Cl. The molecule has 0 saturated heterocycles. The molecule has 2 heterocycles. The number of hydrogen-bond acceptors (Lipinski definition) is 7. The fraction of sp³-hybridized carbons (Fsp3) is 0.293. The number of carbonyl (C=O) groups excluding carboxylic acids is 3. The third kappa shape index (κ3) is 8.13. The van der Waals surface area contributed by atoms with Gasteiger partial charge in [-0.25, -0.2) is 22.6 Å². The molecule has 0 fully saturated rings. The Balaban J connectivity index is 1.39. The molecule has 55 heavy (non-hydrogen) atoms. The van der Waals surface area contributed by atoms with E-state index >= 15 is 0 Å². The molecule has 1 aliphatic heterocycles. The number of carbonyl (C=O) groups is 4. The number of carboxylic acid groups (broad SMARTS) is 1. The minimum absolute atomic E-state index is 0.0472. The van der Waals surface area contributed by atoms with Crippen molar-refractivity contribution in [3.63, 3.8) is 0 Å². The number of amides is 3. The predicted molar refractivity (Wildman–Crippen MR) is 209 cm³/mol. The lowest BCUT2D eigenvalue weighted by Gasteiger charge is -2.29. The third-order valence-electron chi connectivity index (χ3n) is 9.85. The van der Waals surface area contributed by atoms with E-state index in [9.17, 15) is 32.7 Å². The molecule has 5 aromatic rings. The number of carboxylic acids is 1. The number of hydrogen-bond donors (Lipinski definition) is 2. The minimum Gasteiger partial charge on any atom is -0.478 e. The lowest BCUT2D eigenvalue weighted by Crippen LogP contribution is -2.37. The highest BCUT2D eigenvalue weighted by Gasteiger charge is 2.30. The number of rotatable bonds is 13. The summed E-state index contributed by atoms with van der Waals surface area (Å²) in [4.78, 5) is 56.9. The Morgan fingerprint density at radius 3 is 2.29 bits per heavy atom. The second-order valence-electron chi connectivity index (χ2n) is 13.6. The van der Waals surface area contributed by atoms with Crippen LogP contribution in [0.4, 0.5) is 0 Å². The van der Waals surface area contributed by atoms with E-state index in [1.165, 1.54) is 47.1 Å². The molecule has 1 aliphatic rings. The van der Waals surface area contributed by atoms with Gasteiger partial charge in [-0.15, -0.1) is 0 Å². The van der Waals surface area contributed by atoms with Crippen molar-refractivity contribution < 1.29 is 32.7 Å². The first-order chi connectivity index (χ1) is 26.3. The van der Waals surface area contributed by atoms with E-state index in [0.717, 1.165) is 36.8 Å². The average molecular weight is 784 g/mol. The summed E-state index contributed by atoms with van der Waals surface area (Å²) >= 11 is 6.79. The minimum atomic E-state index is -4.50. The van der Waals surface area contributed by atoms with Crippen molar-refractivity contribution in [1.29, 1.82) is 0 Å². The normalized spacial score (nSPS) is 12.7. The highest BCUT2D eigenvalue weighted by molar-refractivity contribution is 7.90. The van der Waals surface area contributed by atoms with Gasteiger partial charge in [0.2, 0.25) is 0 Å². The van der Waals surface area contributed by atoms with Gasteiger partial charge in [0.05, 0.1) is 32.4 Å². The summed E-state index contributed by atoms with van der Waals surface area (Å²) in [7, 11) is -4.50. The monoisotopic (exact) mass is 783 g/mol. The molecular formula is C41H42ClN5O7S. The maximum Gasteiger partial charge on any atom is 0.336 e. The van der Waals surface area contributed by atoms with Crippen molar-refractivity contribution in [3.05, 3.63) is 123 Å². The molecular weight excluding hydrogens is 742 g/mol. The van der Waals surface area contributed by atoms with Crippen molar-refractivity contribution in [1.82, 2.24) is 24.3 Å². The molecule has 0 atom stereocenters. The maximum absolute atomic E-state index is 14.5. The summed E-state index contributed by atoms with van der Waals surface area (Å²) in [6, 6.07) is 20.5. The van der Waals surface area contributed by atoms with E-state index in [-0.39, 0.29) is 49.3 Å². The standard InChI is InChI=1S/C41H42ClN5O7S/c1-4-6-20-45(21-7-5-2)40(50)37-36(42)26(3)47(43-37)35-18-16-29(23-34(35)39(49)46-22-19-27-11-8-9-12-30(27)25-46)38(48)44-55(53,54)31-17-15-28-13-10-14-32(41(51)52)33(28)24-31/h8-18,23-24H,4-7,19-22,25H2,1-3H3,(H,44,48)(H,51,52). The first-order valence-electron chi connectivity index (χ1n) is 18.2. The van der Waals surface area contributed by atoms with Crippen LogP contribution in [0.15, 0.2) is 83.8 Å². The van der Waals surface area contributed by atoms with E-state index in [2.05, 4.69) is 9.82 Å². The molecule has 0 unspecified atom stereocenters. The topological polar surface area (TPSA) is 159 Å². The van der Waals surface area contributed by atoms with Crippen molar-refractivity contribution in [2.45, 2.75) is 64.3 Å². The van der Waals surface area contributed by atoms with Crippen molar-refractivity contribution in [3.8, 4) is 5.69 Å². The number of aromatic carboxylic acids is 1. The number of aromatic nitrogens is 2. The molecule has 0 saturated carbocycles. The number of nitrogens with one attached hydrogen (secondary N) is 1. The third-order valence-corrected chi connectivity index (χ3v) is 11.6. The highest BCUT2D eigenvalue weighted by Crippen LogP contribution is 2.30. The number of sulfonamides is 1. The summed E-state index contributed by atoms with van der Waals surface area (Å²) in [6.45, 7) is 7.58. The van der Waals surface area contributed by atoms with Crippen LogP contribution < -0.4 is 4.72 Å². The van der Waals surface area contributed by atoms with Gasteiger partial charge in [-0.05, 0) is 84.5 Å². The zero-order chi connectivity index (χ0) is 39.4. The molecule has 1 aromatic heterocycles. The van der Waals surface area contributed by atoms with Gasteiger partial charge in [0, 0.05) is 31.7 Å². The first kappa shape index (κ1) is 39.2. The summed E-state index contributed by atoms with van der Waals surface area (Å²) in [5.74, 6) is -2.98. The molecule has 3 amide bonds. The Morgan fingerprint density at radius 1 is 0.891 bits per heavy atom. The van der Waals surface area contributed by atoms with Gasteiger partial charge in [0.1, 0.15) is 0 Å². The van der Waals surface area contributed by atoms with E-state index in [0.29, 0.717) is 43.7 Å². The van der Waals surface area contributed by atoms with Crippen LogP contribution >= 0.6 is 11.6 Å². The Kier molecular flexibility index (Phi) is 11.7. The van der Waals surface area contributed by atoms with Crippen LogP contribution in [0.5, 0.6) is 0 Å². The molecule has 14 heteroatoms. The number of unbranched alkanes of at least 4 members (excludes halogenated alkanes) is 2. The Labute approximate surface area is 324 Å². The molecule has 0 aliphatic carbocycles. The Morgan fingerprint density at radius 2 is 1.60 bits per heavy atom. The summed E-state index contributed by atoms with van der Waals surface area (Å²) in [6.07, 6.45) is 4.04. The molecule has 286 valence electrons. The molecule has 0 bridgehead atoms. The van der Waals surface area contributed by atoms with Crippen LogP contribution in [0, 0.1) is 6.92 Å². The highest BCUT2D eigenvalue weighted by atomic mass is 35.5. The van der Waals surface area contributed by atoms with Gasteiger partial charge < -0.3 is 14.9 Å². The number of benzene rings is 4. The quantitative estimate of drug-likeness (QED) is 0.129. The van der Waals surface area contributed by atoms with Crippen LogP contribution in [0.1, 0.15) is 97.9 Å². The zero-order valence-corrected chi connectivity index (χ0v) is 32.4. The van der Waals surface area contributed by atoms with Gasteiger partial charge in [0.25, 0.3) is 27.7 Å². The van der Waals surface area contributed by atoms with E-state index in [1.807, 2.05) is 38.1 Å². The van der Waals surface area contributed by atoms with Gasteiger partial charge in [-0.3, -0.25) is 14.4 Å². The van der Waals surface area contributed by atoms with E-state index in [1.54, 1.807) is 28.9 Å². The van der Waals surface area contributed by atoms with Gasteiger partial charge in [-0.1, -0.05) is 80.8 Å². The van der Waals surface area contributed by atoms with Crippen molar-refractivity contribution in [2.24, 2.45) is 0 Å². The summed E-state index contributed by atoms with van der Waals surface area (Å²) < 4.78 is 30.6. The molecule has 12 nitrogen and oxygen atoms in total. The van der Waals surface area contributed by atoms with Crippen molar-refractivity contribution in [2.75, 3.05) is 19.6 Å². The summed E-state index contributed by atoms with van der Waals surface area (Å²) in [5.41, 5.74) is 2.66. The van der Waals surface area contributed by atoms with Gasteiger partial charge in [-0.2, -0.15) is 5.10 Å². The fourth-order valence-corrected chi connectivity index (χ4v) is 7.93. The fourth-order valence-electron chi connectivity index (χ4n) is 6.74. The lowest BCUT2D eigenvalue weighted by atomic mass is 9.98. The first-order valence-corrected chi connectivity index (χ1v) is 20.1. The van der Waals surface area contributed by atoms with E-state index in [4.69, 9.17) is 11.6 Å². The maximum atomic E-state index is 14.5. The molecule has 4 aromatic carbocycles. The number of halogens is 1. The van der Waals surface area contributed by atoms with Crippen LogP contribution in [-0.2, 0) is 23.0 Å².